The van der Waals surface area contributed by atoms with Crippen LogP contribution in [-0.2, 0) is 42.2 Å². The molecule has 1 aromatic carbocycles. The first-order valence-electron chi connectivity index (χ1n) is 22.4. The van der Waals surface area contributed by atoms with Crippen molar-refractivity contribution in [1.82, 2.24) is 35.2 Å². The number of esters is 1. The molecule has 2 saturated heterocycles. The van der Waals surface area contributed by atoms with Crippen molar-refractivity contribution >= 4 is 45.7 Å². The molecule has 6 aliphatic rings. The van der Waals surface area contributed by atoms with Gasteiger partial charge in [0.15, 0.2) is 0 Å². The van der Waals surface area contributed by atoms with Gasteiger partial charge in [-0.3, -0.25) is 24.4 Å². The lowest BCUT2D eigenvalue weighted by atomic mass is 9.84. The normalized spacial score (nSPS) is 28.6. The number of aryl methyl sites for hydroxylation is 1. The molecule has 2 N–H and O–H groups in total. The van der Waals surface area contributed by atoms with Crippen LogP contribution in [0.5, 0.6) is 0 Å². The topological polar surface area (TPSA) is 134 Å². The Hall–Kier alpha value is -4.37. The number of nitrogens with one attached hydrogen (secondary N) is 2. The van der Waals surface area contributed by atoms with E-state index in [0.29, 0.717) is 18.9 Å². The number of benzene rings is 1. The average molecular weight is 849 g/mol. The summed E-state index contributed by atoms with van der Waals surface area (Å²) in [6, 6.07) is 7.53. The molecule has 7 atom stereocenters. The standard InChI is InChI=1S/C47H60N8O5S/c1-8-54-37-10-9-28-18-33(37)35(40(54)34-20-30(22-48-38(34)27(3)59-7)53-15-13-52(6)14-16-53)21-46(4,5)25-60-44(58)39-32-19-29(32)23-55(51-39)43(57)41(50-42(56)31-17-26(31)2)47(11-12-47)45-49-36(28)24-61-45/h9-10,18,20,22,24,26-27,29,31-32,39,41,51H,8,11-17,19,21,23,25H2,1-7H3,(H,50,56). The zero-order valence-corrected chi connectivity index (χ0v) is 37.4. The summed E-state index contributed by atoms with van der Waals surface area (Å²) >= 11 is 1.57. The lowest BCUT2D eigenvalue weighted by Gasteiger charge is -2.37. The van der Waals surface area contributed by atoms with Crippen molar-refractivity contribution in [1.29, 1.82) is 0 Å². The zero-order chi connectivity index (χ0) is 42.5. The number of piperazine rings is 1. The van der Waals surface area contributed by atoms with Gasteiger partial charge in [0.05, 0.1) is 47.1 Å². The molecular weight excluding hydrogens is 789 g/mol. The molecule has 4 aromatic rings. The minimum Gasteiger partial charge on any atom is -0.464 e. The average Bonchev–Trinajstić information content (AvgIpc) is 4.23. The van der Waals surface area contributed by atoms with Crippen molar-refractivity contribution < 1.29 is 23.9 Å². The second-order valence-electron chi connectivity index (χ2n) is 19.7. The molecule has 61 heavy (non-hydrogen) atoms. The number of hydrogen-bond donors (Lipinski definition) is 2. The first kappa shape index (κ1) is 40.7. The van der Waals surface area contributed by atoms with Gasteiger partial charge in [-0.25, -0.2) is 10.4 Å². The Balaban J connectivity index is 1.12. The van der Waals surface area contributed by atoms with Crippen LogP contribution < -0.4 is 15.6 Å². The highest BCUT2D eigenvalue weighted by Crippen LogP contribution is 2.54. The Morgan fingerprint density at radius 2 is 1.90 bits per heavy atom. The van der Waals surface area contributed by atoms with Crippen LogP contribution >= 0.6 is 11.3 Å². The summed E-state index contributed by atoms with van der Waals surface area (Å²) in [7, 11) is 3.91. The first-order valence-corrected chi connectivity index (χ1v) is 23.3. The number of carbonyl (C=O) groups excluding carboxylic acids is 3. The maximum absolute atomic E-state index is 14.7. The highest BCUT2D eigenvalue weighted by Gasteiger charge is 2.60. The Bertz CT molecular complexity index is 2400. The van der Waals surface area contributed by atoms with E-state index in [1.807, 2.05) is 6.20 Å². The highest BCUT2D eigenvalue weighted by molar-refractivity contribution is 7.10. The summed E-state index contributed by atoms with van der Waals surface area (Å²) in [6.45, 7) is 15.9. The van der Waals surface area contributed by atoms with Gasteiger partial charge in [-0.1, -0.05) is 26.8 Å². The van der Waals surface area contributed by atoms with Crippen LogP contribution in [0.25, 0.3) is 33.4 Å². The fourth-order valence-corrected chi connectivity index (χ4v) is 11.5. The van der Waals surface area contributed by atoms with Crippen LogP contribution in [0, 0.1) is 29.1 Å². The van der Waals surface area contributed by atoms with Crippen LogP contribution in [0.2, 0.25) is 0 Å². The van der Waals surface area contributed by atoms with E-state index >= 15 is 0 Å². The number of rotatable bonds is 7. The van der Waals surface area contributed by atoms with Crippen molar-refractivity contribution in [2.45, 2.75) is 96.9 Å². The molecule has 0 radical (unpaired) electrons. The number of hydrogen-bond acceptors (Lipinski definition) is 11. The number of hydrazine groups is 1. The molecule has 3 aliphatic carbocycles. The summed E-state index contributed by atoms with van der Waals surface area (Å²) in [5.74, 6) is -0.0832. The number of cyclic esters (lactones) is 1. The predicted octanol–water partition coefficient (Wildman–Crippen LogP) is 5.96. The number of methoxy groups -OCH3 is 1. The number of pyridine rings is 1. The number of ether oxygens (including phenoxy) is 2. The summed E-state index contributed by atoms with van der Waals surface area (Å²) in [5, 5.41) is 8.95. The third-order valence-corrected chi connectivity index (χ3v) is 15.8. The molecule has 2 amide bonds. The van der Waals surface area contributed by atoms with Gasteiger partial charge in [0, 0.05) is 85.1 Å². The van der Waals surface area contributed by atoms with Gasteiger partial charge in [-0.2, -0.15) is 0 Å². The van der Waals surface area contributed by atoms with E-state index in [-0.39, 0.29) is 48.2 Å². The van der Waals surface area contributed by atoms with Crippen molar-refractivity contribution in [3.8, 4) is 22.5 Å². The van der Waals surface area contributed by atoms with Gasteiger partial charge in [-0.15, -0.1) is 11.3 Å². The number of fused-ring (bicyclic) bond motifs is 9. The molecule has 6 heterocycles. The van der Waals surface area contributed by atoms with Crippen LogP contribution in [0.15, 0.2) is 35.8 Å². The van der Waals surface area contributed by atoms with Gasteiger partial charge >= 0.3 is 5.97 Å². The minimum atomic E-state index is -0.793. The van der Waals surface area contributed by atoms with E-state index in [2.05, 4.69) is 96.4 Å². The van der Waals surface area contributed by atoms with Gasteiger partial charge in [0.25, 0.3) is 5.91 Å². The summed E-state index contributed by atoms with van der Waals surface area (Å²) in [6.07, 6.45) is 5.54. The monoisotopic (exact) mass is 848 g/mol. The van der Waals surface area contributed by atoms with E-state index in [0.717, 1.165) is 108 Å². The molecule has 14 heteroatoms. The van der Waals surface area contributed by atoms with Crippen LogP contribution in [0.1, 0.15) is 82.7 Å². The zero-order valence-electron chi connectivity index (χ0n) is 36.6. The molecule has 3 saturated carbocycles. The molecule has 1 spiro atoms. The number of amides is 2. The molecule has 10 rings (SSSR count). The lowest BCUT2D eigenvalue weighted by Crippen LogP contribution is -2.63. The number of anilines is 1. The Morgan fingerprint density at radius 1 is 1.13 bits per heavy atom. The predicted molar refractivity (Wildman–Crippen MR) is 236 cm³/mol. The number of aromatic nitrogens is 3. The van der Waals surface area contributed by atoms with Crippen molar-refractivity contribution in [2.75, 3.05) is 58.4 Å². The smallest absolute Gasteiger partial charge is 0.325 e. The first-order chi connectivity index (χ1) is 29.3. The number of carbonyl (C=O) groups is 3. The number of nitrogens with zero attached hydrogens (tertiary/aromatic N) is 6. The SMILES string of the molecule is CCn1c(-c2cc(N3CCN(C)CC3)cnc2C(C)OC)c2c3cc(ccc31)-c1csc(n1)C1(CC1)C(NC(=O)C1CC1C)C(=O)N1CC3CC3C(N1)C(=O)OCC(C)(C)C2. The minimum absolute atomic E-state index is 0.0721. The van der Waals surface area contributed by atoms with E-state index in [4.69, 9.17) is 19.4 Å². The molecule has 7 unspecified atom stereocenters. The Kier molecular flexibility index (Phi) is 10.1. The molecule has 3 aromatic heterocycles. The molecule has 13 nitrogen and oxygen atoms in total. The molecule has 324 valence electrons. The van der Waals surface area contributed by atoms with E-state index < -0.39 is 22.9 Å². The number of thiazole rings is 1. The molecular formula is C47H60N8O5S. The van der Waals surface area contributed by atoms with Crippen LogP contribution in [0.4, 0.5) is 5.69 Å². The Morgan fingerprint density at radius 3 is 2.61 bits per heavy atom. The maximum atomic E-state index is 14.7. The van der Waals surface area contributed by atoms with E-state index in [1.54, 1.807) is 23.5 Å². The fourth-order valence-electron chi connectivity index (χ4n) is 10.4. The Labute approximate surface area is 362 Å². The lowest BCUT2D eigenvalue weighted by molar-refractivity contribution is -0.156. The van der Waals surface area contributed by atoms with Gasteiger partial charge < -0.3 is 29.2 Å². The van der Waals surface area contributed by atoms with Gasteiger partial charge in [-0.05, 0) is 94.5 Å². The van der Waals surface area contributed by atoms with Crippen LogP contribution in [-0.4, -0.2) is 108 Å². The quantitative estimate of drug-likeness (QED) is 0.215. The number of likely N-dealkylation sites (N-methyl/N-ethyl adjacent to an activating group) is 1. The fraction of sp³-hybridized carbons (Fsp3) is 0.596. The van der Waals surface area contributed by atoms with E-state index in [1.165, 1.54) is 5.56 Å². The third-order valence-electron chi connectivity index (χ3n) is 14.7. The summed E-state index contributed by atoms with van der Waals surface area (Å²) in [4.78, 5) is 57.8. The second kappa shape index (κ2) is 15.2. The molecule has 3 aliphatic heterocycles. The summed E-state index contributed by atoms with van der Waals surface area (Å²) < 4.78 is 14.7. The van der Waals surface area contributed by atoms with Gasteiger partial charge in [0.2, 0.25) is 5.91 Å². The van der Waals surface area contributed by atoms with Crippen molar-refractivity contribution in [2.24, 2.45) is 29.1 Å². The molecule has 6 bridgehead atoms. The van der Waals surface area contributed by atoms with Crippen molar-refractivity contribution in [3.05, 3.63) is 52.1 Å². The largest absolute Gasteiger partial charge is 0.464 e. The van der Waals surface area contributed by atoms with Gasteiger partial charge in [0.1, 0.15) is 17.1 Å². The van der Waals surface area contributed by atoms with E-state index in [9.17, 15) is 14.4 Å². The second-order valence-corrected chi connectivity index (χ2v) is 20.6. The molecule has 5 fully saturated rings. The highest BCUT2D eigenvalue weighted by atomic mass is 32.1. The van der Waals surface area contributed by atoms with Crippen LogP contribution in [0.3, 0.4) is 0 Å². The third kappa shape index (κ3) is 7.24. The van der Waals surface area contributed by atoms with Crippen molar-refractivity contribution in [3.63, 3.8) is 0 Å². The maximum Gasteiger partial charge on any atom is 0.325 e. The summed E-state index contributed by atoms with van der Waals surface area (Å²) in [5.41, 5.74) is 10.5.